The summed E-state index contributed by atoms with van der Waals surface area (Å²) in [6.45, 7) is 2.70. The highest BCUT2D eigenvalue weighted by molar-refractivity contribution is 7.81. The molecule has 1 rings (SSSR count). The Balaban J connectivity index is 2.32. The van der Waals surface area contributed by atoms with Gasteiger partial charge in [0.1, 0.15) is 0 Å². The van der Waals surface area contributed by atoms with Gasteiger partial charge in [-0.25, -0.2) is 0 Å². The molecule has 1 amide bonds. The van der Waals surface area contributed by atoms with Crippen molar-refractivity contribution in [3.8, 4) is 0 Å². The predicted molar refractivity (Wildman–Crippen MR) is 64.0 cm³/mol. The van der Waals surface area contributed by atoms with E-state index in [9.17, 15) is 9.90 Å². The van der Waals surface area contributed by atoms with Gasteiger partial charge in [0.05, 0.1) is 5.25 Å². The first-order valence-electron chi connectivity index (χ1n) is 5.71. The number of carbonyl (C=O) groups is 1. The predicted octanol–water partition coefficient (Wildman–Crippen LogP) is 1.22. The molecular weight excluding hydrogens is 210 g/mol. The van der Waals surface area contributed by atoms with Crippen LogP contribution in [0.25, 0.3) is 0 Å². The molecule has 1 fully saturated rings. The number of aliphatic hydroxyl groups excluding tert-OH is 1. The molecule has 3 nitrogen and oxygen atoms in total. The molecule has 0 spiro atoms. The first kappa shape index (κ1) is 12.8. The van der Waals surface area contributed by atoms with Gasteiger partial charge in [-0.3, -0.25) is 4.79 Å². The molecule has 0 bridgehead atoms. The van der Waals surface area contributed by atoms with Gasteiger partial charge in [-0.1, -0.05) is 12.8 Å². The number of hydrogen-bond acceptors (Lipinski definition) is 3. The van der Waals surface area contributed by atoms with Crippen molar-refractivity contribution in [1.29, 1.82) is 0 Å². The zero-order chi connectivity index (χ0) is 11.3. The van der Waals surface area contributed by atoms with Gasteiger partial charge in [-0.05, 0) is 31.6 Å². The third-order valence-electron chi connectivity index (χ3n) is 3.22. The van der Waals surface area contributed by atoms with E-state index in [1.165, 1.54) is 12.8 Å². The molecule has 1 saturated carbocycles. The van der Waals surface area contributed by atoms with Crippen LogP contribution in [-0.4, -0.2) is 29.4 Å². The van der Waals surface area contributed by atoms with Gasteiger partial charge in [0.25, 0.3) is 0 Å². The van der Waals surface area contributed by atoms with E-state index in [0.29, 0.717) is 18.4 Å². The third kappa shape index (κ3) is 4.03. The smallest absolute Gasteiger partial charge is 0.232 e. The van der Waals surface area contributed by atoms with E-state index in [1.54, 1.807) is 6.92 Å². The Morgan fingerprint density at radius 2 is 2.07 bits per heavy atom. The number of rotatable bonds is 4. The minimum absolute atomic E-state index is 0.0133. The van der Waals surface area contributed by atoms with E-state index in [0.717, 1.165) is 12.8 Å². The van der Waals surface area contributed by atoms with E-state index < -0.39 is 0 Å². The second kappa shape index (κ2) is 6.38. The Labute approximate surface area is 97.0 Å². The molecule has 0 saturated heterocycles. The zero-order valence-corrected chi connectivity index (χ0v) is 10.2. The Hall–Kier alpha value is -0.220. The van der Waals surface area contributed by atoms with Crippen molar-refractivity contribution >= 4 is 18.5 Å². The Morgan fingerprint density at radius 1 is 1.47 bits per heavy atom. The van der Waals surface area contributed by atoms with Crippen LogP contribution in [0.2, 0.25) is 0 Å². The molecule has 0 radical (unpaired) electrons. The van der Waals surface area contributed by atoms with Gasteiger partial charge in [0.15, 0.2) is 0 Å². The van der Waals surface area contributed by atoms with Crippen molar-refractivity contribution in [3.63, 3.8) is 0 Å². The van der Waals surface area contributed by atoms with Crippen LogP contribution < -0.4 is 5.32 Å². The molecule has 15 heavy (non-hydrogen) atoms. The number of thiol groups is 1. The molecule has 0 aromatic carbocycles. The minimum Gasteiger partial charge on any atom is -0.396 e. The van der Waals surface area contributed by atoms with Crippen molar-refractivity contribution < 1.29 is 9.90 Å². The topological polar surface area (TPSA) is 49.3 Å². The van der Waals surface area contributed by atoms with Crippen LogP contribution >= 0.6 is 12.6 Å². The second-order valence-electron chi connectivity index (χ2n) is 4.41. The largest absolute Gasteiger partial charge is 0.396 e. The van der Waals surface area contributed by atoms with E-state index in [1.807, 2.05) is 0 Å². The van der Waals surface area contributed by atoms with Crippen molar-refractivity contribution in [2.24, 2.45) is 11.8 Å². The molecule has 88 valence electrons. The van der Waals surface area contributed by atoms with Crippen LogP contribution in [0, 0.1) is 11.8 Å². The van der Waals surface area contributed by atoms with Crippen LogP contribution in [-0.2, 0) is 4.79 Å². The van der Waals surface area contributed by atoms with Crippen LogP contribution in [0.4, 0.5) is 0 Å². The molecule has 3 unspecified atom stereocenters. The van der Waals surface area contributed by atoms with Gasteiger partial charge in [-0.2, -0.15) is 12.6 Å². The maximum absolute atomic E-state index is 11.3. The molecule has 0 aromatic heterocycles. The van der Waals surface area contributed by atoms with E-state index >= 15 is 0 Å². The van der Waals surface area contributed by atoms with Crippen molar-refractivity contribution in [3.05, 3.63) is 0 Å². The summed E-state index contributed by atoms with van der Waals surface area (Å²) in [5.41, 5.74) is 0. The van der Waals surface area contributed by atoms with Crippen LogP contribution in [0.3, 0.4) is 0 Å². The Morgan fingerprint density at radius 3 is 2.60 bits per heavy atom. The summed E-state index contributed by atoms with van der Waals surface area (Å²) in [5.74, 6) is 0.801. The van der Waals surface area contributed by atoms with Crippen LogP contribution in [0.5, 0.6) is 0 Å². The first-order valence-corrected chi connectivity index (χ1v) is 6.23. The standard InChI is InChI=1S/C11H21NO2S/c1-8(15)11(14)12-6-9-4-2-3-5-10(9)7-13/h8-10,13,15H,2-7H2,1H3,(H,12,14). The monoisotopic (exact) mass is 231 g/mol. The summed E-state index contributed by atoms with van der Waals surface area (Å²) in [7, 11) is 0. The number of carbonyl (C=O) groups excluding carboxylic acids is 1. The lowest BCUT2D eigenvalue weighted by atomic mass is 9.79. The number of amides is 1. The van der Waals surface area contributed by atoms with E-state index in [2.05, 4.69) is 17.9 Å². The summed E-state index contributed by atoms with van der Waals surface area (Å²) in [5, 5.41) is 11.8. The maximum Gasteiger partial charge on any atom is 0.232 e. The highest BCUT2D eigenvalue weighted by atomic mass is 32.1. The van der Waals surface area contributed by atoms with Gasteiger partial charge in [0.2, 0.25) is 5.91 Å². The fraction of sp³-hybridized carbons (Fsp3) is 0.909. The van der Waals surface area contributed by atoms with Gasteiger partial charge < -0.3 is 10.4 Å². The van der Waals surface area contributed by atoms with Crippen LogP contribution in [0.15, 0.2) is 0 Å². The van der Waals surface area contributed by atoms with Crippen molar-refractivity contribution in [2.75, 3.05) is 13.2 Å². The quantitative estimate of drug-likeness (QED) is 0.637. The summed E-state index contributed by atoms with van der Waals surface area (Å²) >= 11 is 4.07. The lowest BCUT2D eigenvalue weighted by molar-refractivity contribution is -0.120. The van der Waals surface area contributed by atoms with E-state index in [-0.39, 0.29) is 17.8 Å². The molecule has 1 aliphatic rings. The third-order valence-corrected chi connectivity index (χ3v) is 3.45. The van der Waals surface area contributed by atoms with Gasteiger partial charge >= 0.3 is 0 Å². The first-order chi connectivity index (χ1) is 7.15. The SMILES string of the molecule is CC(S)C(=O)NCC1CCCCC1CO. The highest BCUT2D eigenvalue weighted by Crippen LogP contribution is 2.29. The fourth-order valence-corrected chi connectivity index (χ4v) is 2.26. The lowest BCUT2D eigenvalue weighted by Gasteiger charge is -2.30. The molecule has 1 aliphatic carbocycles. The van der Waals surface area contributed by atoms with Crippen LogP contribution in [0.1, 0.15) is 32.6 Å². The van der Waals surface area contributed by atoms with Crippen molar-refractivity contribution in [2.45, 2.75) is 37.9 Å². The molecule has 0 aromatic rings. The van der Waals surface area contributed by atoms with E-state index in [4.69, 9.17) is 0 Å². The minimum atomic E-state index is -0.249. The molecule has 0 aliphatic heterocycles. The molecule has 2 N–H and O–H groups in total. The van der Waals surface area contributed by atoms with Crippen molar-refractivity contribution in [1.82, 2.24) is 5.32 Å². The Bertz CT molecular complexity index is 209. The molecule has 0 heterocycles. The maximum atomic E-state index is 11.3. The summed E-state index contributed by atoms with van der Waals surface area (Å²) < 4.78 is 0. The molecular formula is C11H21NO2S. The molecule has 3 atom stereocenters. The normalized spacial score (nSPS) is 28.5. The number of hydrogen-bond donors (Lipinski definition) is 3. The second-order valence-corrected chi connectivity index (χ2v) is 5.18. The summed E-state index contributed by atoms with van der Waals surface area (Å²) in [6, 6.07) is 0. The summed E-state index contributed by atoms with van der Waals surface area (Å²) in [4.78, 5) is 11.3. The fourth-order valence-electron chi connectivity index (χ4n) is 2.17. The number of aliphatic hydroxyl groups is 1. The lowest BCUT2D eigenvalue weighted by Crippen LogP contribution is -2.38. The van der Waals surface area contributed by atoms with Gasteiger partial charge in [-0.15, -0.1) is 0 Å². The average molecular weight is 231 g/mol. The summed E-state index contributed by atoms with van der Waals surface area (Å²) in [6.07, 6.45) is 4.63. The van der Waals surface area contributed by atoms with Gasteiger partial charge in [0, 0.05) is 13.2 Å². The molecule has 4 heteroatoms. The zero-order valence-electron chi connectivity index (χ0n) is 9.28. The Kier molecular flexibility index (Phi) is 5.47. The highest BCUT2D eigenvalue weighted by Gasteiger charge is 2.24. The average Bonchev–Trinajstić information content (AvgIpc) is 2.26. The number of nitrogens with one attached hydrogen (secondary N) is 1.